The summed E-state index contributed by atoms with van der Waals surface area (Å²) in [5, 5.41) is 10.4. The third-order valence-electron chi connectivity index (χ3n) is 14.8. The van der Waals surface area contributed by atoms with Crippen molar-refractivity contribution in [2.45, 2.75) is 95.8 Å². The summed E-state index contributed by atoms with van der Waals surface area (Å²) in [7, 11) is 2.78. The molecule has 4 N–H and O–H groups in total. The fourth-order valence-corrected chi connectivity index (χ4v) is 11.0. The van der Waals surface area contributed by atoms with Crippen LogP contribution in [0.15, 0.2) is 95.0 Å². The maximum atomic E-state index is 14.8. The topological polar surface area (TPSA) is 227 Å². The van der Waals surface area contributed by atoms with E-state index in [2.05, 4.69) is 19.9 Å². The van der Waals surface area contributed by atoms with E-state index in [1.54, 1.807) is 42.8 Å². The summed E-state index contributed by atoms with van der Waals surface area (Å²) >= 11 is 0. The molecule has 77 heavy (non-hydrogen) atoms. The minimum absolute atomic E-state index is 0.0229. The van der Waals surface area contributed by atoms with Gasteiger partial charge in [-0.25, -0.2) is 56.8 Å². The molecule has 22 heteroatoms. The molecule has 0 amide bonds. The number of nitrogens with two attached hydrogens (primary N) is 2. The van der Waals surface area contributed by atoms with Crippen LogP contribution in [0, 0.1) is 23.3 Å². The molecule has 2 aliphatic carbocycles. The van der Waals surface area contributed by atoms with Crippen molar-refractivity contribution in [3.05, 3.63) is 141 Å². The Balaban J connectivity index is 0.000000164. The van der Waals surface area contributed by atoms with E-state index in [4.69, 9.17) is 41.1 Å². The molecule has 2 atom stereocenters. The first-order chi connectivity index (χ1) is 37.3. The van der Waals surface area contributed by atoms with Gasteiger partial charge in [0.1, 0.15) is 81.8 Å². The van der Waals surface area contributed by atoms with Crippen LogP contribution in [0.5, 0.6) is 11.5 Å². The second-order valence-corrected chi connectivity index (χ2v) is 19.3. The Morgan fingerprint density at radius 3 is 1.32 bits per heavy atom. The Morgan fingerprint density at radius 2 is 0.935 bits per heavy atom. The van der Waals surface area contributed by atoms with Gasteiger partial charge >= 0.3 is 0 Å². The first-order valence-electron chi connectivity index (χ1n) is 25.3. The number of methoxy groups -OCH3 is 2. The molecule has 0 aliphatic heterocycles. The lowest BCUT2D eigenvalue weighted by Gasteiger charge is -2.28. The first-order valence-corrected chi connectivity index (χ1v) is 25.3. The van der Waals surface area contributed by atoms with Gasteiger partial charge in [-0.2, -0.15) is 10.2 Å². The van der Waals surface area contributed by atoms with Gasteiger partial charge in [0.2, 0.25) is 0 Å². The van der Waals surface area contributed by atoms with Crippen molar-refractivity contribution in [3.63, 3.8) is 0 Å². The highest BCUT2D eigenvalue weighted by atomic mass is 19.1. The third-order valence-corrected chi connectivity index (χ3v) is 14.8. The minimum Gasteiger partial charge on any atom is -0.494 e. The van der Waals surface area contributed by atoms with Gasteiger partial charge in [0.25, 0.3) is 11.1 Å². The first kappa shape index (κ1) is 50.3. The molecule has 6 heterocycles. The van der Waals surface area contributed by atoms with Gasteiger partial charge in [-0.15, -0.1) is 0 Å². The summed E-state index contributed by atoms with van der Waals surface area (Å²) in [5.74, 6) is -0.845. The Bertz CT molecular complexity index is 4050. The number of halogens is 4. The second-order valence-electron chi connectivity index (χ2n) is 19.3. The fourth-order valence-electron chi connectivity index (χ4n) is 11.0. The average Bonchev–Trinajstić information content (AvgIpc) is 4.23. The fraction of sp³-hybridized carbons (Fsp3) is 0.309. The second kappa shape index (κ2) is 20.4. The van der Waals surface area contributed by atoms with Crippen molar-refractivity contribution in [2.75, 3.05) is 25.7 Å². The summed E-state index contributed by atoms with van der Waals surface area (Å²) in [4.78, 5) is 54.2. The molecule has 0 radical (unpaired) electrons. The summed E-state index contributed by atoms with van der Waals surface area (Å²) in [6, 6.07) is 16.5. The highest BCUT2D eigenvalue weighted by Crippen LogP contribution is 2.39. The van der Waals surface area contributed by atoms with E-state index < -0.39 is 46.5 Å². The van der Waals surface area contributed by atoms with E-state index in [1.807, 2.05) is 13.8 Å². The lowest BCUT2D eigenvalue weighted by atomic mass is 9.94. The molecule has 2 unspecified atom stereocenters. The third kappa shape index (κ3) is 8.79. The number of aromatic nitrogens is 12. The molecule has 0 saturated heterocycles. The van der Waals surface area contributed by atoms with Crippen molar-refractivity contribution in [1.29, 1.82) is 0 Å². The number of hydrogen-bond acceptors (Lipinski definition) is 14. The molecular formula is C55H52F4N14O4. The van der Waals surface area contributed by atoms with Crippen LogP contribution >= 0.6 is 0 Å². The zero-order valence-electron chi connectivity index (χ0n) is 42.4. The average molecular weight is 1050 g/mol. The Labute approximate surface area is 436 Å². The van der Waals surface area contributed by atoms with E-state index in [0.29, 0.717) is 56.2 Å². The van der Waals surface area contributed by atoms with Crippen LogP contribution in [0.25, 0.3) is 66.4 Å². The van der Waals surface area contributed by atoms with Crippen molar-refractivity contribution in [3.8, 4) is 34.0 Å². The molecule has 394 valence electrons. The lowest BCUT2D eigenvalue weighted by molar-refractivity contribution is 0.326. The predicted octanol–water partition coefficient (Wildman–Crippen LogP) is 9.98. The van der Waals surface area contributed by atoms with Gasteiger partial charge in [-0.1, -0.05) is 44.2 Å². The Morgan fingerprint density at radius 1 is 0.532 bits per heavy atom. The SMILES string of the molecule is COc1ccc(-c2nn(C(C)c3nc4cccc(F)c4c(=O)n3C3CCCC3)c3ncnc(N)c23)cc1F.COc1ccc(-c2nn(C(C)c3nc4cccc(F)c4c(=O)n3C3CCCCC3)c3ncnc(N)c23)cc1F. The molecule has 4 aromatic carbocycles. The monoisotopic (exact) mass is 1050 g/mol. The minimum atomic E-state index is -0.597. The van der Waals surface area contributed by atoms with E-state index in [1.165, 1.54) is 75.4 Å². The summed E-state index contributed by atoms with van der Waals surface area (Å²) in [6.07, 6.45) is 10.8. The van der Waals surface area contributed by atoms with Gasteiger partial charge in [-0.3, -0.25) is 18.7 Å². The molecule has 2 aliphatic rings. The normalized spacial score (nSPS) is 15.1. The zero-order valence-corrected chi connectivity index (χ0v) is 42.4. The van der Waals surface area contributed by atoms with Crippen LogP contribution in [-0.4, -0.2) is 72.8 Å². The molecule has 0 bridgehead atoms. The zero-order chi connectivity index (χ0) is 53.8. The van der Waals surface area contributed by atoms with E-state index in [-0.39, 0.29) is 57.0 Å². The molecule has 6 aromatic heterocycles. The summed E-state index contributed by atoms with van der Waals surface area (Å²) in [5.41, 5.74) is 14.7. The Hall–Kier alpha value is -8.82. The number of nitrogens with zero attached hydrogens (tertiary/aromatic N) is 12. The molecule has 2 fully saturated rings. The highest BCUT2D eigenvalue weighted by Gasteiger charge is 2.32. The smallest absolute Gasteiger partial charge is 0.264 e. The molecule has 0 spiro atoms. The maximum Gasteiger partial charge on any atom is 0.264 e. The van der Waals surface area contributed by atoms with Gasteiger partial charge in [0.05, 0.1) is 36.0 Å². The molecule has 10 aromatic rings. The van der Waals surface area contributed by atoms with Crippen LogP contribution in [0.3, 0.4) is 0 Å². The van der Waals surface area contributed by atoms with Crippen molar-refractivity contribution in [2.24, 2.45) is 0 Å². The highest BCUT2D eigenvalue weighted by molar-refractivity contribution is 5.99. The largest absolute Gasteiger partial charge is 0.494 e. The van der Waals surface area contributed by atoms with Gasteiger partial charge < -0.3 is 20.9 Å². The van der Waals surface area contributed by atoms with Gasteiger partial charge in [0.15, 0.2) is 34.4 Å². The summed E-state index contributed by atoms with van der Waals surface area (Å²) < 4.78 is 75.5. The van der Waals surface area contributed by atoms with Gasteiger partial charge in [-0.05, 0) is 100 Å². The molecular weight excluding hydrogens is 997 g/mol. The van der Waals surface area contributed by atoms with Crippen LogP contribution in [0.4, 0.5) is 29.2 Å². The summed E-state index contributed by atoms with van der Waals surface area (Å²) in [6.45, 7) is 3.71. The number of ether oxygens (including phenoxy) is 2. The Kier molecular flexibility index (Phi) is 13.3. The van der Waals surface area contributed by atoms with E-state index in [9.17, 15) is 27.2 Å². The number of nitrogen functional groups attached to an aromatic ring is 2. The predicted molar refractivity (Wildman–Crippen MR) is 283 cm³/mol. The van der Waals surface area contributed by atoms with E-state index in [0.717, 1.165) is 57.8 Å². The van der Waals surface area contributed by atoms with Crippen LogP contribution < -0.4 is 32.1 Å². The standard InChI is InChI=1S/C28H27F2N7O2.C27H25F2N7O2/c1-15(26-34-20-10-6-9-18(29)22(20)28(38)36(26)17-7-4-3-5-8-17)37-27-23(25(31)32-14-33-27)24(35-37)16-11-12-21(39-2)19(30)13-16;1-14(25-33-19-9-5-8-17(28)21(19)27(37)35(25)16-6-3-4-7-16)36-26-22(24(30)31-13-32-26)23(34-36)15-10-11-20(38-2)18(29)12-15/h6,9-15,17H,3-5,7-8H2,1-2H3,(H2,31,32,33);5,8-14,16H,3-4,6-7H2,1-2H3,(H2,30,31,32). The van der Waals surface area contributed by atoms with Crippen LogP contribution in [0.1, 0.15) is 107 Å². The van der Waals surface area contributed by atoms with Crippen molar-refractivity contribution in [1.82, 2.24) is 58.6 Å². The van der Waals surface area contributed by atoms with Crippen molar-refractivity contribution < 1.29 is 27.0 Å². The molecule has 12 rings (SSSR count). The molecule has 18 nitrogen and oxygen atoms in total. The van der Waals surface area contributed by atoms with Gasteiger partial charge in [0, 0.05) is 23.2 Å². The maximum absolute atomic E-state index is 14.8. The quantitative estimate of drug-likeness (QED) is 0.122. The number of benzene rings is 4. The number of anilines is 2. The number of rotatable bonds is 10. The van der Waals surface area contributed by atoms with Crippen LogP contribution in [-0.2, 0) is 0 Å². The number of fused-ring (bicyclic) bond motifs is 4. The lowest BCUT2D eigenvalue weighted by Crippen LogP contribution is -2.33. The molecule has 2 saturated carbocycles. The van der Waals surface area contributed by atoms with Crippen LogP contribution in [0.2, 0.25) is 0 Å². The number of hydrogen-bond donors (Lipinski definition) is 2. The van der Waals surface area contributed by atoms with Crippen molar-refractivity contribution >= 4 is 55.5 Å². The van der Waals surface area contributed by atoms with E-state index >= 15 is 0 Å².